The van der Waals surface area contributed by atoms with Crippen molar-refractivity contribution >= 4 is 12.0 Å². The topological polar surface area (TPSA) is 89.9 Å². The highest BCUT2D eigenvalue weighted by Crippen LogP contribution is 2.20. The van der Waals surface area contributed by atoms with Gasteiger partial charge in [0.25, 0.3) is 0 Å². The van der Waals surface area contributed by atoms with Gasteiger partial charge in [0, 0.05) is 19.7 Å². The van der Waals surface area contributed by atoms with Gasteiger partial charge in [-0.15, -0.1) is 0 Å². The van der Waals surface area contributed by atoms with Crippen LogP contribution >= 0.6 is 0 Å². The maximum Gasteiger partial charge on any atom is 0.329 e. The lowest BCUT2D eigenvalue weighted by molar-refractivity contribution is -0.143. The molecule has 1 fully saturated rings. The van der Waals surface area contributed by atoms with Crippen molar-refractivity contribution in [3.05, 3.63) is 0 Å². The molecule has 0 aromatic carbocycles. The van der Waals surface area contributed by atoms with E-state index in [1.54, 1.807) is 11.8 Å². The average Bonchev–Trinajstić information content (AvgIpc) is 2.39. The molecule has 0 aliphatic carbocycles. The summed E-state index contributed by atoms with van der Waals surface area (Å²) in [5.41, 5.74) is -1.22. The van der Waals surface area contributed by atoms with Gasteiger partial charge in [0.15, 0.2) is 0 Å². The van der Waals surface area contributed by atoms with E-state index < -0.39 is 11.5 Å². The second-order valence-electron chi connectivity index (χ2n) is 5.39. The fourth-order valence-electron chi connectivity index (χ4n) is 2.28. The number of carboxylic acid groups (broad SMARTS) is 1. The average molecular weight is 272 g/mol. The van der Waals surface area contributed by atoms with Gasteiger partial charge in [0.1, 0.15) is 5.54 Å². The summed E-state index contributed by atoms with van der Waals surface area (Å²) in [6, 6.07) is -0.325. The predicted molar refractivity (Wildman–Crippen MR) is 70.9 cm³/mol. The van der Waals surface area contributed by atoms with E-state index in [9.17, 15) is 9.59 Å². The highest BCUT2D eigenvalue weighted by molar-refractivity contribution is 5.85. The third kappa shape index (κ3) is 4.09. The molecule has 0 aromatic heterocycles. The smallest absolute Gasteiger partial charge is 0.329 e. The van der Waals surface area contributed by atoms with Crippen LogP contribution in [0.15, 0.2) is 0 Å². The Morgan fingerprint density at radius 2 is 2.16 bits per heavy atom. The van der Waals surface area contributed by atoms with Crippen LogP contribution in [0.2, 0.25) is 0 Å². The fourth-order valence-corrected chi connectivity index (χ4v) is 2.28. The summed E-state index contributed by atoms with van der Waals surface area (Å²) in [6.07, 6.45) is 2.93. The summed E-state index contributed by atoms with van der Waals surface area (Å²) in [5, 5.41) is 20.7. The van der Waals surface area contributed by atoms with Crippen LogP contribution in [0.5, 0.6) is 0 Å². The van der Waals surface area contributed by atoms with Crippen molar-refractivity contribution < 1.29 is 19.8 Å². The molecule has 0 saturated carbocycles. The lowest BCUT2D eigenvalue weighted by Crippen LogP contribution is -2.57. The van der Waals surface area contributed by atoms with E-state index in [0.717, 1.165) is 12.8 Å². The Kier molecular flexibility index (Phi) is 5.60. The van der Waals surface area contributed by atoms with E-state index in [2.05, 4.69) is 5.32 Å². The number of likely N-dealkylation sites (tertiary alicyclic amines) is 1. The lowest BCUT2D eigenvalue weighted by atomic mass is 9.95. The fraction of sp³-hybridized carbons (Fsp3) is 0.846. The Hall–Kier alpha value is -1.30. The molecule has 2 amide bonds. The van der Waals surface area contributed by atoms with Crippen molar-refractivity contribution in [2.45, 2.75) is 45.1 Å². The molecule has 1 rings (SSSR count). The number of nitrogens with zero attached hydrogens (tertiary/aromatic N) is 1. The van der Waals surface area contributed by atoms with E-state index in [1.807, 2.05) is 0 Å². The Morgan fingerprint density at radius 1 is 1.47 bits per heavy atom. The number of rotatable bonds is 5. The van der Waals surface area contributed by atoms with Crippen LogP contribution in [0.3, 0.4) is 0 Å². The van der Waals surface area contributed by atoms with Gasteiger partial charge in [-0.25, -0.2) is 9.59 Å². The van der Waals surface area contributed by atoms with Crippen LogP contribution in [0.25, 0.3) is 0 Å². The summed E-state index contributed by atoms with van der Waals surface area (Å²) in [7, 11) is 0. The summed E-state index contributed by atoms with van der Waals surface area (Å²) >= 11 is 0. The molecular formula is C13H24N2O4. The van der Waals surface area contributed by atoms with Crippen LogP contribution in [0.4, 0.5) is 4.79 Å². The first-order valence-corrected chi connectivity index (χ1v) is 6.84. The van der Waals surface area contributed by atoms with Crippen LogP contribution < -0.4 is 5.32 Å². The molecule has 1 aliphatic rings. The molecule has 1 saturated heterocycles. The summed E-state index contributed by atoms with van der Waals surface area (Å²) in [6.45, 7) is 4.61. The van der Waals surface area contributed by atoms with Crippen molar-refractivity contribution in [2.75, 3.05) is 19.7 Å². The minimum absolute atomic E-state index is 0.127. The van der Waals surface area contributed by atoms with Gasteiger partial charge in [-0.3, -0.25) is 0 Å². The number of aliphatic carboxylic acids is 1. The van der Waals surface area contributed by atoms with Gasteiger partial charge in [0.05, 0.1) is 0 Å². The molecule has 2 unspecified atom stereocenters. The first-order chi connectivity index (χ1) is 8.92. The van der Waals surface area contributed by atoms with Gasteiger partial charge in [-0.2, -0.15) is 0 Å². The number of carbonyl (C=O) groups is 2. The highest BCUT2D eigenvalue weighted by Gasteiger charge is 2.35. The molecule has 1 aliphatic heterocycles. The zero-order valence-electron chi connectivity index (χ0n) is 11.7. The number of aliphatic hydroxyl groups is 1. The van der Waals surface area contributed by atoms with Crippen LogP contribution in [-0.2, 0) is 4.79 Å². The summed E-state index contributed by atoms with van der Waals surface area (Å²) in [5.74, 6) is -0.713. The number of aliphatic hydroxyl groups excluding tert-OH is 1. The van der Waals surface area contributed by atoms with E-state index in [4.69, 9.17) is 10.2 Å². The minimum atomic E-state index is -1.22. The van der Waals surface area contributed by atoms with Crippen molar-refractivity contribution in [1.29, 1.82) is 0 Å². The van der Waals surface area contributed by atoms with Crippen molar-refractivity contribution in [3.8, 4) is 0 Å². The molecule has 110 valence electrons. The molecule has 0 spiro atoms. The number of amides is 2. The van der Waals surface area contributed by atoms with Crippen molar-refractivity contribution in [1.82, 2.24) is 10.2 Å². The maximum absolute atomic E-state index is 12.1. The van der Waals surface area contributed by atoms with Crippen LogP contribution in [0, 0.1) is 5.92 Å². The quantitative estimate of drug-likeness (QED) is 0.697. The van der Waals surface area contributed by atoms with Crippen molar-refractivity contribution in [3.63, 3.8) is 0 Å². The Balaban J connectivity index is 2.59. The maximum atomic E-state index is 12.1. The second-order valence-corrected chi connectivity index (χ2v) is 5.39. The van der Waals surface area contributed by atoms with E-state index in [-0.39, 0.29) is 12.6 Å². The van der Waals surface area contributed by atoms with E-state index in [0.29, 0.717) is 31.8 Å². The third-order valence-electron chi connectivity index (χ3n) is 3.91. The van der Waals surface area contributed by atoms with Gasteiger partial charge in [0.2, 0.25) is 0 Å². The van der Waals surface area contributed by atoms with Crippen LogP contribution in [-0.4, -0.2) is 52.3 Å². The van der Waals surface area contributed by atoms with Crippen molar-refractivity contribution in [2.24, 2.45) is 5.92 Å². The Bertz CT molecular complexity index is 333. The van der Waals surface area contributed by atoms with E-state index in [1.165, 1.54) is 6.92 Å². The first kappa shape index (κ1) is 15.8. The number of hydrogen-bond acceptors (Lipinski definition) is 3. The molecule has 3 N–H and O–H groups in total. The number of carbonyl (C=O) groups excluding carboxylic acids is 1. The predicted octanol–water partition coefficient (Wildman–Crippen LogP) is 1.04. The Labute approximate surface area is 113 Å². The number of urea groups is 1. The van der Waals surface area contributed by atoms with Crippen LogP contribution in [0.1, 0.15) is 39.5 Å². The molecule has 0 aromatic rings. The molecule has 0 bridgehead atoms. The number of hydrogen-bond donors (Lipinski definition) is 3. The van der Waals surface area contributed by atoms with Gasteiger partial charge in [-0.1, -0.05) is 6.92 Å². The zero-order chi connectivity index (χ0) is 14.5. The Morgan fingerprint density at radius 3 is 2.68 bits per heavy atom. The highest BCUT2D eigenvalue weighted by atomic mass is 16.4. The molecule has 0 radical (unpaired) electrons. The molecule has 6 heteroatoms. The molecule has 1 heterocycles. The molecular weight excluding hydrogens is 248 g/mol. The first-order valence-electron chi connectivity index (χ1n) is 6.84. The molecule has 19 heavy (non-hydrogen) atoms. The SMILES string of the molecule is CCC(C)(NC(=O)N1CCCC(CCO)C1)C(=O)O. The monoisotopic (exact) mass is 272 g/mol. The van der Waals surface area contributed by atoms with Gasteiger partial charge in [-0.05, 0) is 38.5 Å². The van der Waals surface area contributed by atoms with E-state index >= 15 is 0 Å². The summed E-state index contributed by atoms with van der Waals surface area (Å²) < 4.78 is 0. The number of piperidine rings is 1. The normalized spacial score (nSPS) is 22.7. The lowest BCUT2D eigenvalue weighted by Gasteiger charge is -2.35. The van der Waals surface area contributed by atoms with Gasteiger partial charge >= 0.3 is 12.0 Å². The standard InChI is InChI=1S/C13H24N2O4/c1-3-13(2,11(17)18)14-12(19)15-7-4-5-10(9-15)6-8-16/h10,16H,3-9H2,1-2H3,(H,14,19)(H,17,18). The minimum Gasteiger partial charge on any atom is -0.480 e. The molecule has 2 atom stereocenters. The third-order valence-corrected chi connectivity index (χ3v) is 3.91. The number of nitrogens with one attached hydrogen (secondary N) is 1. The summed E-state index contributed by atoms with van der Waals surface area (Å²) in [4.78, 5) is 24.9. The molecule has 6 nitrogen and oxygen atoms in total. The zero-order valence-corrected chi connectivity index (χ0v) is 11.7. The largest absolute Gasteiger partial charge is 0.480 e. The second kappa shape index (κ2) is 6.75. The number of carboxylic acids is 1. The van der Waals surface area contributed by atoms with Gasteiger partial charge < -0.3 is 20.4 Å².